The summed E-state index contributed by atoms with van der Waals surface area (Å²) >= 11 is 6.45. The summed E-state index contributed by atoms with van der Waals surface area (Å²) in [5.41, 5.74) is 7.66. The lowest BCUT2D eigenvalue weighted by Gasteiger charge is -2.43. The fraction of sp³-hybridized carbons (Fsp3) is 0.647. The van der Waals surface area contributed by atoms with Gasteiger partial charge >= 0.3 is 0 Å². The molecule has 1 aromatic carbocycles. The maximum atomic E-state index is 6.47. The van der Waals surface area contributed by atoms with Crippen LogP contribution in [0.4, 0.5) is 0 Å². The third-order valence-electron chi connectivity index (χ3n) is 4.60. The molecule has 0 spiro atoms. The van der Waals surface area contributed by atoms with E-state index in [-0.39, 0.29) is 12.1 Å². The molecule has 1 heterocycles. The molecule has 0 aliphatic carbocycles. The van der Waals surface area contributed by atoms with Gasteiger partial charge in [0.05, 0.1) is 6.04 Å². The monoisotopic (exact) mass is 294 g/mol. The molecule has 0 aromatic heterocycles. The van der Waals surface area contributed by atoms with Gasteiger partial charge in [0.15, 0.2) is 0 Å². The van der Waals surface area contributed by atoms with Gasteiger partial charge in [0.1, 0.15) is 0 Å². The quantitative estimate of drug-likeness (QED) is 0.873. The zero-order chi connectivity index (χ0) is 14.5. The van der Waals surface area contributed by atoms with Crippen LogP contribution in [0.1, 0.15) is 57.6 Å². The first-order chi connectivity index (χ1) is 9.69. The number of rotatable bonds is 5. The van der Waals surface area contributed by atoms with E-state index >= 15 is 0 Å². The van der Waals surface area contributed by atoms with E-state index < -0.39 is 0 Å². The van der Waals surface area contributed by atoms with E-state index in [1.165, 1.54) is 31.2 Å². The number of halogens is 1. The van der Waals surface area contributed by atoms with E-state index in [1.54, 1.807) is 0 Å². The van der Waals surface area contributed by atoms with Crippen molar-refractivity contribution in [2.45, 2.75) is 64.1 Å². The zero-order valence-electron chi connectivity index (χ0n) is 12.7. The lowest BCUT2D eigenvalue weighted by atomic mass is 9.90. The zero-order valence-corrected chi connectivity index (χ0v) is 13.4. The van der Waals surface area contributed by atoms with Crippen molar-refractivity contribution >= 4 is 11.6 Å². The van der Waals surface area contributed by atoms with Gasteiger partial charge in [-0.1, -0.05) is 50.1 Å². The molecule has 0 amide bonds. The molecule has 112 valence electrons. The molecule has 0 bridgehead atoms. The van der Waals surface area contributed by atoms with E-state index in [4.69, 9.17) is 17.3 Å². The maximum absolute atomic E-state index is 6.47. The highest BCUT2D eigenvalue weighted by Gasteiger charge is 2.32. The van der Waals surface area contributed by atoms with Crippen molar-refractivity contribution in [3.05, 3.63) is 34.9 Å². The summed E-state index contributed by atoms with van der Waals surface area (Å²) in [4.78, 5) is 2.61. The third kappa shape index (κ3) is 3.36. The summed E-state index contributed by atoms with van der Waals surface area (Å²) in [5, 5.41) is 0.849. The number of benzene rings is 1. The van der Waals surface area contributed by atoms with Crippen molar-refractivity contribution in [1.29, 1.82) is 0 Å². The Balaban J connectivity index is 2.34. The van der Waals surface area contributed by atoms with Gasteiger partial charge in [-0.25, -0.2) is 0 Å². The molecule has 1 aromatic rings. The Kier molecular flexibility index (Phi) is 5.88. The van der Waals surface area contributed by atoms with Crippen LogP contribution in [0.2, 0.25) is 5.02 Å². The molecule has 2 nitrogen and oxygen atoms in total. The summed E-state index contributed by atoms with van der Waals surface area (Å²) in [6.07, 6.45) is 6.06. The standard InChI is InChI=1S/C17H27ClN2/c1-3-13-9-7-8-12-20(13)17(16(19)4-2)14-10-5-6-11-15(14)18/h5-6,10-11,13,16-17H,3-4,7-9,12,19H2,1-2H3. The first-order valence-corrected chi connectivity index (χ1v) is 8.32. The van der Waals surface area contributed by atoms with Crippen molar-refractivity contribution in [3.63, 3.8) is 0 Å². The van der Waals surface area contributed by atoms with Crippen LogP contribution in [0.15, 0.2) is 24.3 Å². The van der Waals surface area contributed by atoms with E-state index in [0.717, 1.165) is 18.0 Å². The van der Waals surface area contributed by atoms with Crippen LogP contribution < -0.4 is 5.73 Å². The van der Waals surface area contributed by atoms with Gasteiger partial charge in [-0.2, -0.15) is 0 Å². The molecule has 20 heavy (non-hydrogen) atoms. The van der Waals surface area contributed by atoms with Gasteiger partial charge in [-0.15, -0.1) is 0 Å². The predicted octanol–water partition coefficient (Wildman–Crippen LogP) is 4.38. The normalized spacial score (nSPS) is 23.5. The average Bonchev–Trinajstić information content (AvgIpc) is 2.49. The molecule has 3 atom stereocenters. The fourth-order valence-corrected chi connectivity index (χ4v) is 3.67. The second-order valence-corrected chi connectivity index (χ2v) is 6.24. The average molecular weight is 295 g/mol. The van der Waals surface area contributed by atoms with Crippen LogP contribution in [0.3, 0.4) is 0 Å². The topological polar surface area (TPSA) is 29.3 Å². The minimum absolute atomic E-state index is 0.141. The highest BCUT2D eigenvalue weighted by atomic mass is 35.5. The molecule has 0 radical (unpaired) electrons. The smallest absolute Gasteiger partial charge is 0.0516 e. The van der Waals surface area contributed by atoms with Gasteiger partial charge in [0.2, 0.25) is 0 Å². The van der Waals surface area contributed by atoms with Gasteiger partial charge in [0, 0.05) is 17.1 Å². The first kappa shape index (κ1) is 15.8. The van der Waals surface area contributed by atoms with Crippen LogP contribution in [0, 0.1) is 0 Å². The predicted molar refractivity (Wildman–Crippen MR) is 87.1 cm³/mol. The van der Waals surface area contributed by atoms with Crippen molar-refractivity contribution in [2.24, 2.45) is 5.73 Å². The van der Waals surface area contributed by atoms with Gasteiger partial charge in [-0.3, -0.25) is 4.90 Å². The van der Waals surface area contributed by atoms with Crippen LogP contribution in [-0.4, -0.2) is 23.5 Å². The summed E-state index contributed by atoms with van der Waals surface area (Å²) < 4.78 is 0. The molecule has 0 saturated carbocycles. The van der Waals surface area contributed by atoms with Crippen molar-refractivity contribution in [3.8, 4) is 0 Å². The molecule has 2 N–H and O–H groups in total. The van der Waals surface area contributed by atoms with E-state index in [1.807, 2.05) is 12.1 Å². The first-order valence-electron chi connectivity index (χ1n) is 7.94. The number of hydrogen-bond donors (Lipinski definition) is 1. The van der Waals surface area contributed by atoms with E-state index in [2.05, 4.69) is 30.9 Å². The number of nitrogens with two attached hydrogens (primary N) is 1. The van der Waals surface area contributed by atoms with Crippen LogP contribution in [0.5, 0.6) is 0 Å². The highest BCUT2D eigenvalue weighted by molar-refractivity contribution is 6.31. The fourth-order valence-electron chi connectivity index (χ4n) is 3.42. The minimum Gasteiger partial charge on any atom is -0.326 e. The third-order valence-corrected chi connectivity index (χ3v) is 4.95. The molecule has 1 saturated heterocycles. The Bertz CT molecular complexity index is 421. The summed E-state index contributed by atoms with van der Waals surface area (Å²) in [6, 6.07) is 9.22. The largest absolute Gasteiger partial charge is 0.326 e. The van der Waals surface area contributed by atoms with E-state index in [0.29, 0.717) is 6.04 Å². The molecule has 1 aliphatic heterocycles. The second kappa shape index (κ2) is 7.44. The number of hydrogen-bond acceptors (Lipinski definition) is 2. The number of nitrogens with zero attached hydrogens (tertiary/aromatic N) is 1. The molecular weight excluding hydrogens is 268 g/mol. The van der Waals surface area contributed by atoms with Crippen molar-refractivity contribution in [1.82, 2.24) is 4.90 Å². The van der Waals surface area contributed by atoms with Crippen LogP contribution in [0.25, 0.3) is 0 Å². The van der Waals surface area contributed by atoms with Crippen molar-refractivity contribution < 1.29 is 0 Å². The Hall–Kier alpha value is -0.570. The summed E-state index contributed by atoms with van der Waals surface area (Å²) in [7, 11) is 0. The molecule has 3 unspecified atom stereocenters. The van der Waals surface area contributed by atoms with Gasteiger partial charge < -0.3 is 5.73 Å². The van der Waals surface area contributed by atoms with E-state index in [9.17, 15) is 0 Å². The Labute approximate surface area is 128 Å². The van der Waals surface area contributed by atoms with Gasteiger partial charge in [0.25, 0.3) is 0 Å². The molecular formula is C17H27ClN2. The number of piperidine rings is 1. The highest BCUT2D eigenvalue weighted by Crippen LogP contribution is 2.35. The number of likely N-dealkylation sites (tertiary alicyclic amines) is 1. The molecule has 1 aliphatic rings. The Morgan fingerprint density at radius 3 is 2.70 bits per heavy atom. The van der Waals surface area contributed by atoms with Crippen molar-refractivity contribution in [2.75, 3.05) is 6.54 Å². The molecule has 3 heteroatoms. The van der Waals surface area contributed by atoms with Crippen LogP contribution >= 0.6 is 11.6 Å². The lowest BCUT2D eigenvalue weighted by molar-refractivity contribution is 0.0758. The van der Waals surface area contributed by atoms with Crippen LogP contribution in [-0.2, 0) is 0 Å². The summed E-state index contributed by atoms with van der Waals surface area (Å²) in [6.45, 7) is 5.59. The Morgan fingerprint density at radius 2 is 2.05 bits per heavy atom. The Morgan fingerprint density at radius 1 is 1.30 bits per heavy atom. The van der Waals surface area contributed by atoms with Gasteiger partial charge in [-0.05, 0) is 43.9 Å². The minimum atomic E-state index is 0.141. The second-order valence-electron chi connectivity index (χ2n) is 5.83. The molecule has 2 rings (SSSR count). The molecule has 1 fully saturated rings. The maximum Gasteiger partial charge on any atom is 0.0516 e. The SMILES string of the molecule is CCC(N)C(c1ccccc1Cl)N1CCCCC1CC. The lowest BCUT2D eigenvalue weighted by Crippen LogP contribution is -2.48. The summed E-state index contributed by atoms with van der Waals surface area (Å²) in [5.74, 6) is 0.